The minimum atomic E-state index is 0.464. The highest BCUT2D eigenvalue weighted by atomic mass is 79.9. The van der Waals surface area contributed by atoms with Gasteiger partial charge < -0.3 is 0 Å². The highest BCUT2D eigenvalue weighted by Crippen LogP contribution is 2.18. The highest BCUT2D eigenvalue weighted by molar-refractivity contribution is 9.10. The van der Waals surface area contributed by atoms with Crippen molar-refractivity contribution in [2.75, 3.05) is 0 Å². The SMILES string of the molecule is Clc1ncc(Br)n2cncc12. The molecular weight excluding hydrogens is 229 g/mol. The van der Waals surface area contributed by atoms with Crippen LogP contribution in [-0.2, 0) is 0 Å². The summed E-state index contributed by atoms with van der Waals surface area (Å²) in [5, 5.41) is 0.464. The molecule has 0 N–H and O–H groups in total. The lowest BCUT2D eigenvalue weighted by atomic mass is 10.6. The van der Waals surface area contributed by atoms with Gasteiger partial charge in [0.1, 0.15) is 16.4 Å². The molecule has 0 aliphatic carbocycles. The molecule has 0 spiro atoms. The lowest BCUT2D eigenvalue weighted by molar-refractivity contribution is 1.08. The molecule has 2 heterocycles. The van der Waals surface area contributed by atoms with Crippen LogP contribution in [0.5, 0.6) is 0 Å². The molecule has 0 aromatic carbocycles. The first-order chi connectivity index (χ1) is 5.29. The Morgan fingerprint density at radius 3 is 3.00 bits per heavy atom. The van der Waals surface area contributed by atoms with E-state index < -0.39 is 0 Å². The summed E-state index contributed by atoms with van der Waals surface area (Å²) in [6.07, 6.45) is 4.98. The molecular formula is C6H3BrClN3. The first-order valence-electron chi connectivity index (χ1n) is 2.91. The first-order valence-corrected chi connectivity index (χ1v) is 4.08. The number of rotatable bonds is 0. The lowest BCUT2D eigenvalue weighted by Gasteiger charge is -1.96. The van der Waals surface area contributed by atoms with Crippen LogP contribution in [0.1, 0.15) is 0 Å². The molecule has 0 aliphatic rings. The van der Waals surface area contributed by atoms with Crippen molar-refractivity contribution in [2.24, 2.45) is 0 Å². The second-order valence-electron chi connectivity index (χ2n) is 2.02. The molecule has 2 aromatic rings. The van der Waals surface area contributed by atoms with Crippen molar-refractivity contribution in [3.8, 4) is 0 Å². The molecule has 0 unspecified atom stereocenters. The maximum Gasteiger partial charge on any atom is 0.154 e. The van der Waals surface area contributed by atoms with Crippen molar-refractivity contribution in [3.05, 3.63) is 28.5 Å². The number of imidazole rings is 1. The van der Waals surface area contributed by atoms with Gasteiger partial charge in [-0.15, -0.1) is 0 Å². The molecule has 11 heavy (non-hydrogen) atoms. The van der Waals surface area contributed by atoms with Gasteiger partial charge in [-0.2, -0.15) is 0 Å². The van der Waals surface area contributed by atoms with Crippen LogP contribution in [0.4, 0.5) is 0 Å². The van der Waals surface area contributed by atoms with Gasteiger partial charge >= 0.3 is 0 Å². The smallest absolute Gasteiger partial charge is 0.154 e. The van der Waals surface area contributed by atoms with Gasteiger partial charge in [0, 0.05) is 0 Å². The Hall–Kier alpha value is -0.610. The molecule has 0 fully saturated rings. The average molecular weight is 232 g/mol. The van der Waals surface area contributed by atoms with Gasteiger partial charge in [-0.1, -0.05) is 11.6 Å². The van der Waals surface area contributed by atoms with E-state index in [4.69, 9.17) is 11.6 Å². The summed E-state index contributed by atoms with van der Waals surface area (Å²) in [6.45, 7) is 0. The monoisotopic (exact) mass is 231 g/mol. The number of fused-ring (bicyclic) bond motifs is 1. The molecule has 0 aliphatic heterocycles. The highest BCUT2D eigenvalue weighted by Gasteiger charge is 2.02. The topological polar surface area (TPSA) is 30.2 Å². The average Bonchev–Trinajstić information content (AvgIpc) is 2.45. The molecule has 3 nitrogen and oxygen atoms in total. The molecule has 0 bridgehead atoms. The van der Waals surface area contributed by atoms with Gasteiger partial charge in [-0.3, -0.25) is 4.40 Å². The molecule has 0 saturated carbocycles. The standard InChI is InChI=1S/C6H3BrClN3/c7-5-2-10-6(8)4-1-9-3-11(4)5/h1-3H. The largest absolute Gasteiger partial charge is 0.289 e. The molecule has 5 heteroatoms. The Morgan fingerprint density at radius 2 is 2.27 bits per heavy atom. The predicted molar refractivity (Wildman–Crippen MR) is 45.7 cm³/mol. The van der Waals surface area contributed by atoms with Crippen LogP contribution in [-0.4, -0.2) is 14.4 Å². The Kier molecular flexibility index (Phi) is 1.58. The number of halogens is 2. The fraction of sp³-hybridized carbons (Fsp3) is 0. The number of aromatic nitrogens is 3. The van der Waals surface area contributed by atoms with Gasteiger partial charge in [-0.25, -0.2) is 9.97 Å². The van der Waals surface area contributed by atoms with Crippen molar-refractivity contribution in [3.63, 3.8) is 0 Å². The van der Waals surface area contributed by atoms with Gasteiger partial charge in [-0.05, 0) is 15.9 Å². The van der Waals surface area contributed by atoms with Crippen molar-refractivity contribution in [2.45, 2.75) is 0 Å². The van der Waals surface area contributed by atoms with Crippen LogP contribution in [0.3, 0.4) is 0 Å². The second-order valence-corrected chi connectivity index (χ2v) is 3.19. The summed E-state index contributed by atoms with van der Waals surface area (Å²) in [6, 6.07) is 0. The zero-order valence-corrected chi connectivity index (χ0v) is 7.67. The molecule has 2 rings (SSSR count). The Labute approximate surface area is 76.2 Å². The summed E-state index contributed by atoms with van der Waals surface area (Å²) in [5.41, 5.74) is 0.807. The summed E-state index contributed by atoms with van der Waals surface area (Å²) >= 11 is 9.09. The van der Waals surface area contributed by atoms with E-state index in [2.05, 4.69) is 25.9 Å². The number of nitrogens with zero attached hydrogens (tertiary/aromatic N) is 3. The van der Waals surface area contributed by atoms with E-state index in [1.54, 1.807) is 18.7 Å². The van der Waals surface area contributed by atoms with E-state index in [1.165, 1.54) is 0 Å². The van der Waals surface area contributed by atoms with Crippen molar-refractivity contribution in [1.29, 1.82) is 0 Å². The third-order valence-electron chi connectivity index (χ3n) is 1.36. The second kappa shape index (κ2) is 2.46. The van der Waals surface area contributed by atoms with Crippen molar-refractivity contribution in [1.82, 2.24) is 14.4 Å². The van der Waals surface area contributed by atoms with Crippen LogP contribution in [0.25, 0.3) is 5.52 Å². The van der Waals surface area contributed by atoms with Gasteiger partial charge in [0.05, 0.1) is 12.4 Å². The summed E-state index contributed by atoms with van der Waals surface area (Å²) < 4.78 is 2.66. The van der Waals surface area contributed by atoms with E-state index in [9.17, 15) is 0 Å². The van der Waals surface area contributed by atoms with E-state index >= 15 is 0 Å². The van der Waals surface area contributed by atoms with E-state index in [1.807, 2.05) is 4.40 Å². The van der Waals surface area contributed by atoms with Gasteiger partial charge in [0.2, 0.25) is 0 Å². The maximum absolute atomic E-state index is 5.78. The van der Waals surface area contributed by atoms with Crippen molar-refractivity contribution >= 4 is 33.0 Å². The minimum absolute atomic E-state index is 0.464. The van der Waals surface area contributed by atoms with Crippen LogP contribution in [0, 0.1) is 0 Å². The van der Waals surface area contributed by atoms with Crippen LogP contribution >= 0.6 is 27.5 Å². The quantitative estimate of drug-likeness (QED) is 0.697. The Balaban J connectivity index is 2.96. The van der Waals surface area contributed by atoms with E-state index in [0.717, 1.165) is 10.1 Å². The summed E-state index contributed by atoms with van der Waals surface area (Å²) in [5.74, 6) is 0. The Bertz CT molecular complexity index is 362. The normalized spacial score (nSPS) is 10.7. The molecule has 0 amide bonds. The zero-order chi connectivity index (χ0) is 7.84. The first kappa shape index (κ1) is 7.06. The molecule has 2 aromatic heterocycles. The fourth-order valence-corrected chi connectivity index (χ4v) is 1.43. The lowest BCUT2D eigenvalue weighted by Crippen LogP contribution is -1.87. The molecule has 56 valence electrons. The number of hydrogen-bond acceptors (Lipinski definition) is 2. The van der Waals surface area contributed by atoms with Gasteiger partial charge in [0.15, 0.2) is 5.15 Å². The van der Waals surface area contributed by atoms with E-state index in [0.29, 0.717) is 5.15 Å². The molecule has 0 saturated heterocycles. The Morgan fingerprint density at radius 1 is 1.45 bits per heavy atom. The minimum Gasteiger partial charge on any atom is -0.289 e. The predicted octanol–water partition coefficient (Wildman–Crippen LogP) is 2.15. The number of hydrogen-bond donors (Lipinski definition) is 0. The maximum atomic E-state index is 5.78. The molecule has 0 radical (unpaired) electrons. The molecule has 0 atom stereocenters. The fourth-order valence-electron chi connectivity index (χ4n) is 0.856. The van der Waals surface area contributed by atoms with Crippen LogP contribution in [0.2, 0.25) is 5.15 Å². The van der Waals surface area contributed by atoms with Crippen LogP contribution < -0.4 is 0 Å². The van der Waals surface area contributed by atoms with E-state index in [-0.39, 0.29) is 0 Å². The zero-order valence-electron chi connectivity index (χ0n) is 5.33. The van der Waals surface area contributed by atoms with Crippen molar-refractivity contribution < 1.29 is 0 Å². The third-order valence-corrected chi connectivity index (χ3v) is 2.24. The third kappa shape index (κ3) is 1.02. The van der Waals surface area contributed by atoms with Crippen LogP contribution in [0.15, 0.2) is 23.3 Å². The van der Waals surface area contributed by atoms with Gasteiger partial charge in [0.25, 0.3) is 0 Å². The summed E-state index contributed by atoms with van der Waals surface area (Å²) in [7, 11) is 0. The summed E-state index contributed by atoms with van der Waals surface area (Å²) in [4.78, 5) is 7.87.